The SMILES string of the molecule is [2H]C(O)CCC(=O)OC. The van der Waals surface area contributed by atoms with Gasteiger partial charge in [-0.05, 0) is 6.42 Å². The van der Waals surface area contributed by atoms with Gasteiger partial charge in [-0.15, -0.1) is 0 Å². The summed E-state index contributed by atoms with van der Waals surface area (Å²) >= 11 is 0. The Balaban J connectivity index is 3.17. The van der Waals surface area contributed by atoms with Gasteiger partial charge in [0.1, 0.15) is 0 Å². The topological polar surface area (TPSA) is 46.5 Å². The van der Waals surface area contributed by atoms with E-state index in [1.165, 1.54) is 7.11 Å². The number of carbonyl (C=O) groups excluding carboxylic acids is 1. The number of hydrogen-bond acceptors (Lipinski definition) is 3. The van der Waals surface area contributed by atoms with E-state index in [1.807, 2.05) is 0 Å². The minimum Gasteiger partial charge on any atom is -0.469 e. The van der Waals surface area contributed by atoms with E-state index in [1.54, 1.807) is 0 Å². The molecule has 0 saturated carbocycles. The molecule has 0 aromatic heterocycles. The maximum atomic E-state index is 10.3. The van der Waals surface area contributed by atoms with Crippen LogP contribution in [-0.2, 0) is 9.53 Å². The van der Waals surface area contributed by atoms with Crippen LogP contribution < -0.4 is 0 Å². The number of ether oxygens (including phenoxy) is 1. The third kappa shape index (κ3) is 3.61. The molecule has 0 aromatic carbocycles. The molecule has 1 unspecified atom stereocenters. The Morgan fingerprint density at radius 2 is 2.62 bits per heavy atom. The molecule has 1 N–H and O–H groups in total. The van der Waals surface area contributed by atoms with Crippen LogP contribution in [0.4, 0.5) is 0 Å². The lowest BCUT2D eigenvalue weighted by atomic mass is 10.3. The number of carbonyl (C=O) groups is 1. The van der Waals surface area contributed by atoms with Crippen molar-refractivity contribution in [3.63, 3.8) is 0 Å². The van der Waals surface area contributed by atoms with Gasteiger partial charge >= 0.3 is 5.97 Å². The molecule has 0 aromatic rings. The fraction of sp³-hybridized carbons (Fsp3) is 0.800. The molecule has 0 aliphatic carbocycles. The van der Waals surface area contributed by atoms with Crippen molar-refractivity contribution in [2.24, 2.45) is 0 Å². The standard InChI is InChI=1S/C5H10O3/c1-8-5(7)3-2-4-6/h6H,2-4H2,1H3/i4D. The fourth-order valence-corrected chi connectivity index (χ4v) is 0.284. The van der Waals surface area contributed by atoms with Crippen LogP contribution in [-0.4, -0.2) is 24.8 Å². The highest BCUT2D eigenvalue weighted by molar-refractivity contribution is 5.68. The van der Waals surface area contributed by atoms with Crippen molar-refractivity contribution in [1.82, 2.24) is 0 Å². The van der Waals surface area contributed by atoms with E-state index >= 15 is 0 Å². The molecular weight excluding hydrogens is 108 g/mol. The first-order valence-corrected chi connectivity index (χ1v) is 2.34. The normalized spacial score (nSPS) is 14.5. The molecule has 0 aliphatic rings. The number of methoxy groups -OCH3 is 1. The summed E-state index contributed by atoms with van der Waals surface area (Å²) in [6, 6.07) is 0. The van der Waals surface area contributed by atoms with Crippen molar-refractivity contribution in [1.29, 1.82) is 0 Å². The molecule has 8 heavy (non-hydrogen) atoms. The highest BCUT2D eigenvalue weighted by Gasteiger charge is 1.95. The van der Waals surface area contributed by atoms with E-state index in [0.29, 0.717) is 0 Å². The molecule has 48 valence electrons. The van der Waals surface area contributed by atoms with E-state index in [9.17, 15) is 4.79 Å². The lowest BCUT2D eigenvalue weighted by Gasteiger charge is -1.93. The Labute approximate surface area is 49.7 Å². The zero-order valence-corrected chi connectivity index (χ0v) is 4.76. The van der Waals surface area contributed by atoms with Gasteiger partial charge in [0.05, 0.1) is 8.48 Å². The van der Waals surface area contributed by atoms with Gasteiger partial charge in [-0.2, -0.15) is 0 Å². The monoisotopic (exact) mass is 119 g/mol. The minimum atomic E-state index is -1.16. The summed E-state index contributed by atoms with van der Waals surface area (Å²) in [7, 11) is 1.28. The van der Waals surface area contributed by atoms with Crippen molar-refractivity contribution in [3.8, 4) is 0 Å². The minimum absolute atomic E-state index is 0.112. The highest BCUT2D eigenvalue weighted by atomic mass is 16.5. The molecule has 0 saturated heterocycles. The first-order chi connectivity index (χ1) is 4.16. The number of aliphatic hydroxyl groups is 1. The molecule has 0 radical (unpaired) electrons. The number of hydrogen-bond donors (Lipinski definition) is 1. The van der Waals surface area contributed by atoms with Gasteiger partial charge in [-0.3, -0.25) is 4.79 Å². The average Bonchev–Trinajstić information content (AvgIpc) is 1.83. The Kier molecular flexibility index (Phi) is 3.19. The molecule has 0 spiro atoms. The van der Waals surface area contributed by atoms with Crippen LogP contribution in [0, 0.1) is 0 Å². The summed E-state index contributed by atoms with van der Waals surface area (Å²) in [6.07, 6.45) is 0.258. The average molecular weight is 119 g/mol. The Morgan fingerprint density at radius 3 is 3.00 bits per heavy atom. The number of aliphatic hydroxyl groups excluding tert-OH is 1. The molecule has 3 nitrogen and oxygen atoms in total. The van der Waals surface area contributed by atoms with E-state index in [4.69, 9.17) is 6.48 Å². The second kappa shape index (κ2) is 4.59. The second-order valence-electron chi connectivity index (χ2n) is 1.30. The molecule has 0 rings (SSSR count). The molecule has 0 aliphatic heterocycles. The molecular formula is C5H10O3. The van der Waals surface area contributed by atoms with Crippen LogP contribution in [0.3, 0.4) is 0 Å². The Morgan fingerprint density at radius 1 is 2.00 bits per heavy atom. The van der Waals surface area contributed by atoms with E-state index in [0.717, 1.165) is 0 Å². The van der Waals surface area contributed by atoms with Gasteiger partial charge in [-0.1, -0.05) is 0 Å². The third-order valence-electron chi connectivity index (χ3n) is 0.705. The first-order valence-electron chi connectivity index (χ1n) is 2.91. The van der Waals surface area contributed by atoms with Crippen molar-refractivity contribution in [2.45, 2.75) is 12.8 Å². The van der Waals surface area contributed by atoms with Gasteiger partial charge in [0, 0.05) is 13.0 Å². The first kappa shape index (κ1) is 5.56. The predicted molar refractivity (Wildman–Crippen MR) is 28.3 cm³/mol. The zero-order chi connectivity index (χ0) is 7.28. The van der Waals surface area contributed by atoms with E-state index in [2.05, 4.69) is 4.74 Å². The van der Waals surface area contributed by atoms with E-state index in [-0.39, 0.29) is 18.8 Å². The van der Waals surface area contributed by atoms with Gasteiger partial charge in [-0.25, -0.2) is 0 Å². The van der Waals surface area contributed by atoms with Gasteiger partial charge < -0.3 is 9.84 Å². The summed E-state index contributed by atoms with van der Waals surface area (Å²) in [6.45, 7) is -1.16. The van der Waals surface area contributed by atoms with Crippen LogP contribution in [0.5, 0.6) is 0 Å². The van der Waals surface area contributed by atoms with Crippen LogP contribution in [0.2, 0.25) is 0 Å². The summed E-state index contributed by atoms with van der Waals surface area (Å²) < 4.78 is 10.9. The lowest BCUT2D eigenvalue weighted by Crippen LogP contribution is -2.00. The van der Waals surface area contributed by atoms with Crippen molar-refractivity contribution >= 4 is 5.97 Å². The maximum absolute atomic E-state index is 10.3. The molecule has 3 heteroatoms. The smallest absolute Gasteiger partial charge is 0.305 e. The largest absolute Gasteiger partial charge is 0.469 e. The lowest BCUT2D eigenvalue weighted by molar-refractivity contribution is -0.140. The molecule has 0 heterocycles. The molecule has 0 amide bonds. The van der Waals surface area contributed by atoms with Crippen molar-refractivity contribution in [2.75, 3.05) is 13.7 Å². The second-order valence-corrected chi connectivity index (χ2v) is 1.30. The van der Waals surface area contributed by atoms with E-state index < -0.39 is 6.58 Å². The van der Waals surface area contributed by atoms with Crippen LogP contribution in [0.15, 0.2) is 0 Å². The van der Waals surface area contributed by atoms with Crippen LogP contribution >= 0.6 is 0 Å². The molecule has 1 atom stereocenters. The van der Waals surface area contributed by atoms with Crippen LogP contribution in [0.25, 0.3) is 0 Å². The molecule has 0 bridgehead atoms. The van der Waals surface area contributed by atoms with Gasteiger partial charge in [0.15, 0.2) is 0 Å². The summed E-state index contributed by atoms with van der Waals surface area (Å²) in [4.78, 5) is 10.3. The Hall–Kier alpha value is -0.570. The number of esters is 1. The molecule has 0 fully saturated rings. The van der Waals surface area contributed by atoms with Crippen molar-refractivity contribution in [3.05, 3.63) is 0 Å². The summed E-state index contributed by atoms with van der Waals surface area (Å²) in [5.74, 6) is -0.388. The van der Waals surface area contributed by atoms with Gasteiger partial charge in [0.25, 0.3) is 0 Å². The predicted octanol–water partition coefficient (Wildman–Crippen LogP) is -0.0681. The van der Waals surface area contributed by atoms with Crippen LogP contribution in [0.1, 0.15) is 14.2 Å². The maximum Gasteiger partial charge on any atom is 0.305 e. The summed E-state index contributed by atoms with van der Waals surface area (Å²) in [5.41, 5.74) is 0. The Bertz CT molecular complexity index is 92.2. The van der Waals surface area contributed by atoms with Crippen molar-refractivity contribution < 1.29 is 16.0 Å². The quantitative estimate of drug-likeness (QED) is 0.529. The zero-order valence-electron chi connectivity index (χ0n) is 5.76. The van der Waals surface area contributed by atoms with Gasteiger partial charge in [0.2, 0.25) is 0 Å². The summed E-state index contributed by atoms with van der Waals surface area (Å²) in [5, 5.41) is 8.36. The highest BCUT2D eigenvalue weighted by Crippen LogP contribution is 1.87. The third-order valence-corrected chi connectivity index (χ3v) is 0.705. The fourth-order valence-electron chi connectivity index (χ4n) is 0.284. The number of rotatable bonds is 3.